The summed E-state index contributed by atoms with van der Waals surface area (Å²) in [6.45, 7) is 0.372. The van der Waals surface area contributed by atoms with Crippen molar-refractivity contribution in [1.29, 1.82) is 0 Å². The van der Waals surface area contributed by atoms with Gasteiger partial charge in [-0.3, -0.25) is 10.1 Å². The number of ether oxygens (including phenoxy) is 1. The van der Waals surface area contributed by atoms with Gasteiger partial charge in [-0.15, -0.1) is 0 Å². The fourth-order valence-electron chi connectivity index (χ4n) is 1.58. The van der Waals surface area contributed by atoms with Crippen molar-refractivity contribution in [3.8, 4) is 5.75 Å². The van der Waals surface area contributed by atoms with E-state index in [1.807, 2.05) is 24.3 Å². The third-order valence-corrected chi connectivity index (χ3v) is 2.98. The topological polar surface area (TPSA) is 78.4 Å². The predicted molar refractivity (Wildman–Crippen MR) is 76.0 cm³/mol. The molecule has 0 amide bonds. The lowest BCUT2D eigenvalue weighted by atomic mass is 10.2. The van der Waals surface area contributed by atoms with Crippen molar-refractivity contribution in [3.63, 3.8) is 0 Å². The maximum Gasteiger partial charge on any atom is 0.292 e. The van der Waals surface area contributed by atoms with Crippen molar-refractivity contribution in [2.45, 2.75) is 6.61 Å². The molecule has 0 aliphatic rings. The Balaban J connectivity index is 2.08. The van der Waals surface area contributed by atoms with Gasteiger partial charge in [0.1, 0.15) is 18.0 Å². The highest BCUT2D eigenvalue weighted by atomic mass is 79.9. The molecule has 98 valence electrons. The number of rotatable bonds is 4. The molecule has 0 spiro atoms. The summed E-state index contributed by atoms with van der Waals surface area (Å²) in [4.78, 5) is 10.1. The monoisotopic (exact) mass is 322 g/mol. The molecule has 2 N–H and O–H groups in total. The van der Waals surface area contributed by atoms with Gasteiger partial charge in [0.2, 0.25) is 0 Å². The molecule has 0 unspecified atom stereocenters. The third-order valence-electron chi connectivity index (χ3n) is 2.49. The van der Waals surface area contributed by atoms with E-state index in [0.717, 1.165) is 10.0 Å². The highest BCUT2D eigenvalue weighted by molar-refractivity contribution is 9.10. The van der Waals surface area contributed by atoms with E-state index in [1.165, 1.54) is 18.2 Å². The molecular weight excluding hydrogens is 312 g/mol. The maximum absolute atomic E-state index is 10.6. The predicted octanol–water partition coefficient (Wildman–Crippen LogP) is 3.52. The normalized spacial score (nSPS) is 10.2. The summed E-state index contributed by atoms with van der Waals surface area (Å²) in [7, 11) is 0. The van der Waals surface area contributed by atoms with E-state index < -0.39 is 4.92 Å². The lowest BCUT2D eigenvalue weighted by Gasteiger charge is -2.07. The molecular formula is C13H11BrN2O3. The quantitative estimate of drug-likeness (QED) is 0.530. The number of hydrogen-bond donors (Lipinski definition) is 1. The van der Waals surface area contributed by atoms with Crippen LogP contribution in [0.1, 0.15) is 5.56 Å². The van der Waals surface area contributed by atoms with Gasteiger partial charge >= 0.3 is 0 Å². The van der Waals surface area contributed by atoms with Gasteiger partial charge in [0.15, 0.2) is 0 Å². The van der Waals surface area contributed by atoms with Crippen molar-refractivity contribution in [1.82, 2.24) is 0 Å². The first kappa shape index (κ1) is 13.4. The number of benzene rings is 2. The van der Waals surface area contributed by atoms with E-state index in [9.17, 15) is 10.1 Å². The molecule has 19 heavy (non-hydrogen) atoms. The summed E-state index contributed by atoms with van der Waals surface area (Å²) in [6, 6.07) is 12.0. The Kier molecular flexibility index (Phi) is 4.01. The first-order valence-corrected chi connectivity index (χ1v) is 6.27. The second-order valence-corrected chi connectivity index (χ2v) is 4.81. The van der Waals surface area contributed by atoms with Crippen molar-refractivity contribution in [3.05, 3.63) is 62.6 Å². The van der Waals surface area contributed by atoms with Gasteiger partial charge in [-0.1, -0.05) is 28.1 Å². The number of nitro benzene ring substituents is 1. The molecule has 0 saturated carbocycles. The number of hydrogen-bond acceptors (Lipinski definition) is 4. The summed E-state index contributed by atoms with van der Waals surface area (Å²) in [5.41, 5.74) is 6.56. The minimum Gasteiger partial charge on any atom is -0.489 e. The van der Waals surface area contributed by atoms with E-state index in [2.05, 4.69) is 15.9 Å². The van der Waals surface area contributed by atoms with Crippen LogP contribution >= 0.6 is 15.9 Å². The largest absolute Gasteiger partial charge is 0.489 e. The highest BCUT2D eigenvalue weighted by Crippen LogP contribution is 2.26. The second kappa shape index (κ2) is 5.71. The van der Waals surface area contributed by atoms with Gasteiger partial charge in [0, 0.05) is 16.6 Å². The Hall–Kier alpha value is -2.08. The number of nitrogens with two attached hydrogens (primary N) is 1. The van der Waals surface area contributed by atoms with Crippen LogP contribution < -0.4 is 10.5 Å². The van der Waals surface area contributed by atoms with Crippen molar-refractivity contribution >= 4 is 27.3 Å². The molecule has 0 heterocycles. The van der Waals surface area contributed by atoms with E-state index in [1.54, 1.807) is 0 Å². The molecule has 6 heteroatoms. The molecule has 2 aromatic rings. The summed E-state index contributed by atoms with van der Waals surface area (Å²) in [5.74, 6) is 0.503. The van der Waals surface area contributed by atoms with Gasteiger partial charge in [0.05, 0.1) is 4.92 Å². The van der Waals surface area contributed by atoms with Crippen LogP contribution in [-0.2, 0) is 6.61 Å². The average molecular weight is 323 g/mol. The Bertz CT molecular complexity index is 617. The fraction of sp³-hybridized carbons (Fsp3) is 0.0769. The van der Waals surface area contributed by atoms with Crippen LogP contribution in [0.5, 0.6) is 5.75 Å². The second-order valence-electron chi connectivity index (χ2n) is 3.90. The van der Waals surface area contributed by atoms with Crippen molar-refractivity contribution in [2.75, 3.05) is 5.73 Å². The molecule has 0 aromatic heterocycles. The molecule has 0 radical (unpaired) electrons. The van der Waals surface area contributed by atoms with Crippen LogP contribution in [0, 0.1) is 10.1 Å². The van der Waals surface area contributed by atoms with Gasteiger partial charge in [-0.25, -0.2) is 0 Å². The smallest absolute Gasteiger partial charge is 0.292 e. The maximum atomic E-state index is 10.6. The number of anilines is 1. The zero-order valence-corrected chi connectivity index (χ0v) is 11.5. The molecule has 5 nitrogen and oxygen atoms in total. The SMILES string of the molecule is Nc1cc(OCc2cccc(Br)c2)ccc1[N+](=O)[O-]. The van der Waals surface area contributed by atoms with Crippen LogP contribution in [0.3, 0.4) is 0 Å². The van der Waals surface area contributed by atoms with Crippen LogP contribution in [-0.4, -0.2) is 4.92 Å². The van der Waals surface area contributed by atoms with Gasteiger partial charge in [0.25, 0.3) is 5.69 Å². The first-order chi connectivity index (χ1) is 9.06. The van der Waals surface area contributed by atoms with Gasteiger partial charge in [-0.05, 0) is 23.8 Å². The molecule has 0 atom stereocenters. The fourth-order valence-corrected chi connectivity index (χ4v) is 2.03. The van der Waals surface area contributed by atoms with E-state index >= 15 is 0 Å². The zero-order chi connectivity index (χ0) is 13.8. The molecule has 0 aliphatic carbocycles. The van der Waals surface area contributed by atoms with Crippen LogP contribution in [0.2, 0.25) is 0 Å². The number of nitro groups is 1. The van der Waals surface area contributed by atoms with Gasteiger partial charge < -0.3 is 10.5 Å². The molecule has 2 aromatic carbocycles. The number of nitrogens with zero attached hydrogens (tertiary/aromatic N) is 1. The van der Waals surface area contributed by atoms with E-state index in [0.29, 0.717) is 12.4 Å². The molecule has 0 saturated heterocycles. The van der Waals surface area contributed by atoms with Crippen molar-refractivity contribution < 1.29 is 9.66 Å². The Morgan fingerprint density at radius 2 is 2.05 bits per heavy atom. The van der Waals surface area contributed by atoms with E-state index in [-0.39, 0.29) is 11.4 Å². The first-order valence-electron chi connectivity index (χ1n) is 5.47. The number of halogens is 1. The van der Waals surface area contributed by atoms with Crippen LogP contribution in [0.25, 0.3) is 0 Å². The average Bonchev–Trinajstić information content (AvgIpc) is 2.36. The standard InChI is InChI=1S/C13H11BrN2O3/c14-10-3-1-2-9(6-10)8-19-11-4-5-13(16(17)18)12(15)7-11/h1-7H,8,15H2. The highest BCUT2D eigenvalue weighted by Gasteiger charge is 2.11. The molecule has 0 aliphatic heterocycles. The summed E-state index contributed by atoms with van der Waals surface area (Å²) in [6.07, 6.45) is 0. The Morgan fingerprint density at radius 1 is 1.26 bits per heavy atom. The zero-order valence-electron chi connectivity index (χ0n) is 9.88. The Labute approximate surface area is 118 Å². The Morgan fingerprint density at radius 3 is 2.68 bits per heavy atom. The minimum absolute atomic E-state index is 0.0942. The molecule has 0 fully saturated rings. The van der Waals surface area contributed by atoms with Crippen LogP contribution in [0.4, 0.5) is 11.4 Å². The van der Waals surface area contributed by atoms with Crippen LogP contribution in [0.15, 0.2) is 46.9 Å². The third kappa shape index (κ3) is 3.45. The minimum atomic E-state index is -0.520. The van der Waals surface area contributed by atoms with Gasteiger partial charge in [-0.2, -0.15) is 0 Å². The lowest BCUT2D eigenvalue weighted by molar-refractivity contribution is -0.383. The summed E-state index contributed by atoms with van der Waals surface area (Å²) in [5, 5.41) is 10.6. The summed E-state index contributed by atoms with van der Waals surface area (Å²) < 4.78 is 6.51. The summed E-state index contributed by atoms with van der Waals surface area (Å²) >= 11 is 3.37. The van der Waals surface area contributed by atoms with Crippen molar-refractivity contribution in [2.24, 2.45) is 0 Å². The number of nitrogen functional groups attached to an aromatic ring is 1. The molecule has 2 rings (SSSR count). The lowest BCUT2D eigenvalue weighted by Crippen LogP contribution is -1.99. The van der Waals surface area contributed by atoms with E-state index in [4.69, 9.17) is 10.5 Å². The molecule has 0 bridgehead atoms.